The summed E-state index contributed by atoms with van der Waals surface area (Å²) in [5, 5.41) is 8.67. The molecule has 0 spiro atoms. The Bertz CT molecular complexity index is 487. The Morgan fingerprint density at radius 3 is 2.53 bits per heavy atom. The molecular weight excluding hydrogens is 246 g/mol. The van der Waals surface area contributed by atoms with Crippen molar-refractivity contribution in [1.82, 2.24) is 4.90 Å². The summed E-state index contributed by atoms with van der Waals surface area (Å²) in [7, 11) is 0. The van der Waals surface area contributed by atoms with Crippen molar-refractivity contribution in [3.05, 3.63) is 29.8 Å². The van der Waals surface area contributed by atoms with Crippen molar-refractivity contribution >= 4 is 11.9 Å². The minimum absolute atomic E-state index is 0.0532. The van der Waals surface area contributed by atoms with Crippen LogP contribution in [0.3, 0.4) is 0 Å². The van der Waals surface area contributed by atoms with Crippen LogP contribution in [0.4, 0.5) is 0 Å². The van der Waals surface area contributed by atoms with Crippen LogP contribution in [-0.4, -0.2) is 41.6 Å². The largest absolute Gasteiger partial charge is 0.484 e. The summed E-state index contributed by atoms with van der Waals surface area (Å²) in [6.45, 7) is 1.22. The van der Waals surface area contributed by atoms with Crippen molar-refractivity contribution in [3.63, 3.8) is 0 Å². The predicted octanol–water partition coefficient (Wildman–Crippen LogP) is 0.920. The Hall–Kier alpha value is -2.48. The number of carboxylic acid groups (broad SMARTS) is 1. The zero-order valence-electron chi connectivity index (χ0n) is 10.6. The third-order valence-electron chi connectivity index (χ3n) is 2.34. The van der Waals surface area contributed by atoms with Gasteiger partial charge in [-0.2, -0.15) is 0 Å². The molecule has 0 aliphatic carbocycles. The zero-order chi connectivity index (χ0) is 14.3. The topological polar surface area (TPSA) is 66.8 Å². The van der Waals surface area contributed by atoms with E-state index in [4.69, 9.17) is 16.3 Å². The van der Waals surface area contributed by atoms with Gasteiger partial charge in [-0.3, -0.25) is 9.59 Å². The Labute approximate surface area is 111 Å². The quantitative estimate of drug-likeness (QED) is 0.773. The second-order valence-corrected chi connectivity index (χ2v) is 3.95. The molecule has 5 heteroatoms. The molecule has 1 rings (SSSR count). The number of aryl methyl sites for hydroxylation is 1. The van der Waals surface area contributed by atoms with Gasteiger partial charge in [-0.1, -0.05) is 23.6 Å². The molecule has 0 aliphatic heterocycles. The first-order chi connectivity index (χ1) is 9.02. The Balaban J connectivity index is 2.54. The molecule has 1 amide bonds. The highest BCUT2D eigenvalue weighted by molar-refractivity contribution is 5.82. The van der Waals surface area contributed by atoms with E-state index in [9.17, 15) is 9.59 Å². The summed E-state index contributed by atoms with van der Waals surface area (Å²) in [4.78, 5) is 23.4. The second-order valence-electron chi connectivity index (χ2n) is 3.95. The molecule has 19 heavy (non-hydrogen) atoms. The number of ether oxygens (including phenoxy) is 1. The van der Waals surface area contributed by atoms with Crippen LogP contribution in [0.1, 0.15) is 5.56 Å². The number of terminal acetylenes is 1. The van der Waals surface area contributed by atoms with Gasteiger partial charge < -0.3 is 14.7 Å². The highest BCUT2D eigenvalue weighted by atomic mass is 16.5. The number of amides is 1. The number of carbonyl (C=O) groups is 2. The van der Waals surface area contributed by atoms with Gasteiger partial charge in [0.2, 0.25) is 0 Å². The lowest BCUT2D eigenvalue weighted by Gasteiger charge is -2.18. The summed E-state index contributed by atoms with van der Waals surface area (Å²) in [6.07, 6.45) is 5.09. The molecule has 1 aromatic rings. The highest BCUT2D eigenvalue weighted by Crippen LogP contribution is 2.11. The maximum Gasteiger partial charge on any atom is 0.323 e. The summed E-state index contributed by atoms with van der Waals surface area (Å²) in [5.74, 6) is 1.23. The number of carboxylic acids is 1. The van der Waals surface area contributed by atoms with E-state index in [1.165, 1.54) is 0 Å². The number of nitrogens with zero attached hydrogens (tertiary/aromatic N) is 1. The second kappa shape index (κ2) is 7.07. The molecule has 5 nitrogen and oxygen atoms in total. The number of aliphatic carboxylic acids is 1. The van der Waals surface area contributed by atoms with Gasteiger partial charge in [-0.15, -0.1) is 6.42 Å². The minimum Gasteiger partial charge on any atom is -0.484 e. The Morgan fingerprint density at radius 2 is 2.00 bits per heavy atom. The Morgan fingerprint density at radius 1 is 1.37 bits per heavy atom. The molecule has 0 heterocycles. The lowest BCUT2D eigenvalue weighted by Crippen LogP contribution is -2.38. The highest BCUT2D eigenvalue weighted by Gasteiger charge is 2.16. The van der Waals surface area contributed by atoms with Gasteiger partial charge in [0.1, 0.15) is 12.3 Å². The lowest BCUT2D eigenvalue weighted by molar-refractivity contribution is -0.144. The summed E-state index contributed by atoms with van der Waals surface area (Å²) >= 11 is 0. The van der Waals surface area contributed by atoms with Gasteiger partial charge in [-0.25, -0.2) is 0 Å². The van der Waals surface area contributed by atoms with Crippen molar-refractivity contribution in [2.75, 3.05) is 19.7 Å². The van der Waals surface area contributed by atoms with Gasteiger partial charge in [0.25, 0.3) is 5.91 Å². The van der Waals surface area contributed by atoms with Gasteiger partial charge in [0.15, 0.2) is 6.61 Å². The molecule has 0 fully saturated rings. The molecule has 0 radical (unpaired) electrons. The molecule has 0 saturated heterocycles. The fraction of sp³-hybridized carbons (Fsp3) is 0.286. The standard InChI is InChI=1S/C14H15NO4/c1-3-8-15(9-14(17)18)13(16)10-19-12-6-4-11(2)5-7-12/h1,4-7H,8-10H2,2H3,(H,17,18). The summed E-state index contributed by atoms with van der Waals surface area (Å²) in [6, 6.07) is 7.20. The van der Waals surface area contributed by atoms with Crippen LogP contribution in [0.15, 0.2) is 24.3 Å². The van der Waals surface area contributed by atoms with Crippen molar-refractivity contribution < 1.29 is 19.4 Å². The van der Waals surface area contributed by atoms with Crippen LogP contribution in [0.5, 0.6) is 5.75 Å². The van der Waals surface area contributed by atoms with Crippen molar-refractivity contribution in [2.24, 2.45) is 0 Å². The lowest BCUT2D eigenvalue weighted by atomic mass is 10.2. The van der Waals surface area contributed by atoms with E-state index in [1.54, 1.807) is 12.1 Å². The first-order valence-electron chi connectivity index (χ1n) is 5.65. The fourth-order valence-corrected chi connectivity index (χ4v) is 1.38. The van der Waals surface area contributed by atoms with Crippen LogP contribution in [0, 0.1) is 19.3 Å². The molecular formula is C14H15NO4. The average Bonchev–Trinajstić information content (AvgIpc) is 2.37. The third-order valence-corrected chi connectivity index (χ3v) is 2.34. The molecule has 100 valence electrons. The van der Waals surface area contributed by atoms with E-state index >= 15 is 0 Å². The van der Waals surface area contributed by atoms with Crippen LogP contribution in [0.2, 0.25) is 0 Å². The molecule has 1 aromatic carbocycles. The maximum atomic E-state index is 11.8. The van der Waals surface area contributed by atoms with Crippen LogP contribution in [-0.2, 0) is 9.59 Å². The van der Waals surface area contributed by atoms with Crippen LogP contribution >= 0.6 is 0 Å². The fourth-order valence-electron chi connectivity index (χ4n) is 1.38. The van der Waals surface area contributed by atoms with E-state index in [0.29, 0.717) is 5.75 Å². The van der Waals surface area contributed by atoms with Crippen molar-refractivity contribution in [1.29, 1.82) is 0 Å². The van der Waals surface area contributed by atoms with Gasteiger partial charge in [0.05, 0.1) is 6.54 Å². The van der Waals surface area contributed by atoms with E-state index in [2.05, 4.69) is 5.92 Å². The SMILES string of the molecule is C#CCN(CC(=O)O)C(=O)COc1ccc(C)cc1. The summed E-state index contributed by atoms with van der Waals surface area (Å²) < 4.78 is 5.28. The van der Waals surface area contributed by atoms with Crippen molar-refractivity contribution in [2.45, 2.75) is 6.92 Å². The smallest absolute Gasteiger partial charge is 0.323 e. The first-order valence-corrected chi connectivity index (χ1v) is 5.65. The van der Waals surface area contributed by atoms with E-state index < -0.39 is 18.4 Å². The van der Waals surface area contributed by atoms with Gasteiger partial charge >= 0.3 is 5.97 Å². The van der Waals surface area contributed by atoms with Crippen molar-refractivity contribution in [3.8, 4) is 18.1 Å². The molecule has 0 bridgehead atoms. The number of hydrogen-bond donors (Lipinski definition) is 1. The number of rotatable bonds is 6. The van der Waals surface area contributed by atoms with E-state index in [0.717, 1.165) is 10.5 Å². The monoisotopic (exact) mass is 261 g/mol. The summed E-state index contributed by atoms with van der Waals surface area (Å²) in [5.41, 5.74) is 1.08. The number of carbonyl (C=O) groups excluding carboxylic acids is 1. The van der Waals surface area contributed by atoms with Crippen LogP contribution in [0.25, 0.3) is 0 Å². The molecule has 0 aromatic heterocycles. The number of hydrogen-bond acceptors (Lipinski definition) is 3. The van der Waals surface area contributed by atoms with E-state index in [-0.39, 0.29) is 13.2 Å². The first kappa shape index (κ1) is 14.6. The molecule has 1 N–H and O–H groups in total. The Kier molecular flexibility index (Phi) is 5.42. The molecule has 0 aliphatic rings. The van der Waals surface area contributed by atoms with E-state index in [1.807, 2.05) is 19.1 Å². The minimum atomic E-state index is -1.11. The third kappa shape index (κ3) is 5.13. The average molecular weight is 261 g/mol. The predicted molar refractivity (Wildman–Crippen MR) is 69.7 cm³/mol. The molecule has 0 unspecified atom stereocenters. The molecule has 0 saturated carbocycles. The normalized spacial score (nSPS) is 9.47. The zero-order valence-corrected chi connectivity index (χ0v) is 10.6. The molecule has 0 atom stereocenters. The van der Waals surface area contributed by atoms with Crippen LogP contribution < -0.4 is 4.74 Å². The number of benzene rings is 1. The van der Waals surface area contributed by atoms with Gasteiger partial charge in [0, 0.05) is 0 Å². The maximum absolute atomic E-state index is 11.8. The van der Waals surface area contributed by atoms with Gasteiger partial charge in [-0.05, 0) is 19.1 Å².